The Kier molecular flexibility index (Phi) is 4.11. The third-order valence-corrected chi connectivity index (χ3v) is 2.75. The second-order valence-electron chi connectivity index (χ2n) is 2.76. The van der Waals surface area contributed by atoms with Crippen molar-refractivity contribution < 1.29 is 14.3 Å². The molecule has 1 N–H and O–H groups in total. The number of hydrogen-bond donors (Lipinski definition) is 1. The minimum absolute atomic E-state index is 0.347. The van der Waals surface area contributed by atoms with Gasteiger partial charge in [-0.25, -0.2) is 4.79 Å². The highest BCUT2D eigenvalue weighted by molar-refractivity contribution is 7.12. The highest BCUT2D eigenvalue weighted by Crippen LogP contribution is 2.23. The van der Waals surface area contributed by atoms with Crippen molar-refractivity contribution in [3.63, 3.8) is 0 Å². The van der Waals surface area contributed by atoms with Gasteiger partial charge < -0.3 is 10.1 Å². The van der Waals surface area contributed by atoms with E-state index in [0.717, 1.165) is 0 Å². The fourth-order valence-corrected chi connectivity index (χ4v) is 1.71. The van der Waals surface area contributed by atoms with Gasteiger partial charge >= 0.3 is 5.97 Å². The normalized spacial score (nSPS) is 11.9. The number of carbonyl (C=O) groups excluding carboxylic acids is 2. The van der Waals surface area contributed by atoms with Crippen molar-refractivity contribution in [2.45, 2.75) is 12.3 Å². The Morgan fingerprint density at radius 1 is 1.60 bits per heavy atom. The summed E-state index contributed by atoms with van der Waals surface area (Å²) in [4.78, 5) is 22.9. The van der Waals surface area contributed by atoms with E-state index >= 15 is 0 Å². The smallest absolute Gasteiger partial charge is 0.350 e. The molecule has 0 aliphatic heterocycles. The maximum atomic E-state index is 11.3. The standard InChI is InChI=1S/C9H10ClNO3S/c1-5(10)8(12)11-6-3-4-15-7(6)9(13)14-2/h3-5H,1-2H3,(H,11,12). The maximum Gasteiger partial charge on any atom is 0.350 e. The summed E-state index contributed by atoms with van der Waals surface area (Å²) in [6.45, 7) is 1.56. The first kappa shape index (κ1) is 12.0. The first-order valence-corrected chi connectivity index (χ1v) is 5.48. The molecule has 1 aromatic rings. The third-order valence-electron chi connectivity index (χ3n) is 1.66. The summed E-state index contributed by atoms with van der Waals surface area (Å²) in [7, 11) is 1.29. The van der Waals surface area contributed by atoms with Gasteiger partial charge in [-0.05, 0) is 18.4 Å². The molecule has 0 fully saturated rings. The predicted molar refractivity (Wildman–Crippen MR) is 59.6 cm³/mol. The van der Waals surface area contributed by atoms with Crippen LogP contribution in [0.4, 0.5) is 5.69 Å². The minimum Gasteiger partial charge on any atom is -0.465 e. The van der Waals surface area contributed by atoms with Gasteiger partial charge in [-0.1, -0.05) is 0 Å². The lowest BCUT2D eigenvalue weighted by Gasteiger charge is -2.06. The molecule has 0 aromatic carbocycles. The van der Waals surface area contributed by atoms with E-state index in [1.54, 1.807) is 18.4 Å². The number of halogens is 1. The van der Waals surface area contributed by atoms with E-state index in [1.807, 2.05) is 0 Å². The van der Waals surface area contributed by atoms with Crippen molar-refractivity contribution in [2.24, 2.45) is 0 Å². The first-order valence-electron chi connectivity index (χ1n) is 4.17. The van der Waals surface area contributed by atoms with Crippen LogP contribution in [0, 0.1) is 0 Å². The molecule has 82 valence electrons. The number of carbonyl (C=O) groups is 2. The fourth-order valence-electron chi connectivity index (χ4n) is 0.891. The average molecular weight is 248 g/mol. The van der Waals surface area contributed by atoms with Gasteiger partial charge in [-0.2, -0.15) is 0 Å². The van der Waals surface area contributed by atoms with Crippen molar-refractivity contribution in [3.8, 4) is 0 Å². The zero-order valence-electron chi connectivity index (χ0n) is 8.24. The van der Waals surface area contributed by atoms with Crippen LogP contribution in [0.25, 0.3) is 0 Å². The predicted octanol–water partition coefficient (Wildman–Crippen LogP) is 2.10. The van der Waals surface area contributed by atoms with Crippen molar-refractivity contribution >= 4 is 40.5 Å². The molecule has 0 aliphatic carbocycles. The molecule has 0 saturated carbocycles. The molecule has 4 nitrogen and oxygen atoms in total. The van der Waals surface area contributed by atoms with E-state index in [4.69, 9.17) is 11.6 Å². The molecule has 1 rings (SSSR count). The molecule has 0 saturated heterocycles. The topological polar surface area (TPSA) is 55.4 Å². The maximum absolute atomic E-state index is 11.3. The largest absolute Gasteiger partial charge is 0.465 e. The zero-order chi connectivity index (χ0) is 11.4. The van der Waals surface area contributed by atoms with Gasteiger partial charge in [0, 0.05) is 0 Å². The highest BCUT2D eigenvalue weighted by atomic mass is 35.5. The molecule has 1 atom stereocenters. The number of alkyl halides is 1. The monoisotopic (exact) mass is 247 g/mol. The Balaban J connectivity index is 2.82. The van der Waals surface area contributed by atoms with Crippen LogP contribution in [0.3, 0.4) is 0 Å². The lowest BCUT2D eigenvalue weighted by Crippen LogP contribution is -2.21. The molecule has 0 bridgehead atoms. The number of nitrogens with one attached hydrogen (secondary N) is 1. The number of hydrogen-bond acceptors (Lipinski definition) is 4. The van der Waals surface area contributed by atoms with Crippen LogP contribution in [0.1, 0.15) is 16.6 Å². The molecule has 1 amide bonds. The Morgan fingerprint density at radius 3 is 2.80 bits per heavy atom. The van der Waals surface area contributed by atoms with E-state index in [0.29, 0.717) is 10.6 Å². The van der Waals surface area contributed by atoms with Gasteiger partial charge in [0.15, 0.2) is 0 Å². The quantitative estimate of drug-likeness (QED) is 0.657. The van der Waals surface area contributed by atoms with Gasteiger partial charge in [0.25, 0.3) is 0 Å². The third kappa shape index (κ3) is 2.94. The SMILES string of the molecule is COC(=O)c1sccc1NC(=O)C(C)Cl. The number of amides is 1. The number of anilines is 1. The number of rotatable bonds is 3. The second-order valence-corrected chi connectivity index (χ2v) is 4.33. The van der Waals surface area contributed by atoms with E-state index in [-0.39, 0.29) is 5.91 Å². The highest BCUT2D eigenvalue weighted by Gasteiger charge is 2.17. The molecule has 0 aliphatic rings. The van der Waals surface area contributed by atoms with E-state index < -0.39 is 11.3 Å². The summed E-state index contributed by atoms with van der Waals surface area (Å²) in [5.74, 6) is -0.817. The Morgan fingerprint density at radius 2 is 2.27 bits per heavy atom. The molecule has 6 heteroatoms. The fraction of sp³-hybridized carbons (Fsp3) is 0.333. The van der Waals surface area contributed by atoms with Gasteiger partial charge in [-0.3, -0.25) is 4.79 Å². The second kappa shape index (κ2) is 5.14. The van der Waals surface area contributed by atoms with Gasteiger partial charge in [0.05, 0.1) is 12.8 Å². The number of ether oxygens (including phenoxy) is 1. The molecule has 15 heavy (non-hydrogen) atoms. The van der Waals surface area contributed by atoms with E-state index in [9.17, 15) is 9.59 Å². The molecular weight excluding hydrogens is 238 g/mol. The van der Waals surface area contributed by atoms with Crippen LogP contribution in [0.2, 0.25) is 0 Å². The summed E-state index contributed by atoms with van der Waals surface area (Å²) in [5.41, 5.74) is 0.435. The summed E-state index contributed by atoms with van der Waals surface area (Å²) in [6.07, 6.45) is 0. The summed E-state index contributed by atoms with van der Waals surface area (Å²) in [5, 5.41) is 3.60. The van der Waals surface area contributed by atoms with Crippen LogP contribution in [0.15, 0.2) is 11.4 Å². The van der Waals surface area contributed by atoms with Crippen LogP contribution >= 0.6 is 22.9 Å². The average Bonchev–Trinajstić information content (AvgIpc) is 2.64. The van der Waals surface area contributed by atoms with Crippen LogP contribution < -0.4 is 5.32 Å². The molecule has 0 radical (unpaired) electrons. The summed E-state index contributed by atoms with van der Waals surface area (Å²) < 4.78 is 4.56. The molecule has 1 aromatic heterocycles. The molecule has 1 unspecified atom stereocenters. The van der Waals surface area contributed by atoms with E-state index in [1.165, 1.54) is 18.4 Å². The molecular formula is C9H10ClNO3S. The van der Waals surface area contributed by atoms with Crippen molar-refractivity contribution in [3.05, 3.63) is 16.3 Å². The summed E-state index contributed by atoms with van der Waals surface area (Å²) in [6, 6.07) is 1.63. The van der Waals surface area contributed by atoms with Gasteiger partial charge in [0.2, 0.25) is 5.91 Å². The number of esters is 1. The lowest BCUT2D eigenvalue weighted by atomic mass is 10.3. The Hall–Kier alpha value is -1.07. The first-order chi connectivity index (χ1) is 7.06. The summed E-state index contributed by atoms with van der Waals surface area (Å²) >= 11 is 6.79. The van der Waals surface area contributed by atoms with Crippen molar-refractivity contribution in [1.82, 2.24) is 0 Å². The van der Waals surface area contributed by atoms with Crippen molar-refractivity contribution in [1.29, 1.82) is 0 Å². The number of methoxy groups -OCH3 is 1. The lowest BCUT2D eigenvalue weighted by molar-refractivity contribution is -0.115. The van der Waals surface area contributed by atoms with Gasteiger partial charge in [0.1, 0.15) is 10.3 Å². The Bertz CT molecular complexity index is 375. The van der Waals surface area contributed by atoms with Crippen LogP contribution in [-0.2, 0) is 9.53 Å². The van der Waals surface area contributed by atoms with Crippen LogP contribution in [0.5, 0.6) is 0 Å². The number of thiophene rings is 1. The van der Waals surface area contributed by atoms with E-state index in [2.05, 4.69) is 10.1 Å². The van der Waals surface area contributed by atoms with Crippen molar-refractivity contribution in [2.75, 3.05) is 12.4 Å². The minimum atomic E-state index is -0.643. The van der Waals surface area contributed by atoms with Gasteiger partial charge in [-0.15, -0.1) is 22.9 Å². The Labute approximate surface area is 96.2 Å². The molecule has 0 spiro atoms. The molecule has 1 heterocycles. The zero-order valence-corrected chi connectivity index (χ0v) is 9.82. The van der Waals surface area contributed by atoms with Crippen LogP contribution in [-0.4, -0.2) is 24.4 Å².